The van der Waals surface area contributed by atoms with Gasteiger partial charge in [0.1, 0.15) is 11.6 Å². The lowest BCUT2D eigenvalue weighted by Crippen LogP contribution is -2.23. The number of sulfonamides is 1. The summed E-state index contributed by atoms with van der Waals surface area (Å²) < 4.78 is 53.9. The van der Waals surface area contributed by atoms with Crippen LogP contribution in [0.15, 0.2) is 65.8 Å². The Hall–Kier alpha value is -2.71. The number of aromatic nitrogens is 2. The predicted octanol–water partition coefficient (Wildman–Crippen LogP) is 2.90. The van der Waals surface area contributed by atoms with Gasteiger partial charge in [0, 0.05) is 17.7 Å². The first kappa shape index (κ1) is 17.1. The minimum absolute atomic E-state index is 0.0126. The third-order valence-electron chi connectivity index (χ3n) is 3.52. The van der Waals surface area contributed by atoms with Crippen molar-refractivity contribution in [3.63, 3.8) is 0 Å². The highest BCUT2D eigenvalue weighted by Gasteiger charge is 2.16. The van der Waals surface area contributed by atoms with Crippen LogP contribution in [0.1, 0.15) is 5.56 Å². The number of hydrogen-bond donors (Lipinski definition) is 1. The molecule has 5 nitrogen and oxygen atoms in total. The maximum atomic E-state index is 13.6. The molecule has 1 aromatic heterocycles. The lowest BCUT2D eigenvalue weighted by Gasteiger charge is -2.09. The summed E-state index contributed by atoms with van der Waals surface area (Å²) in [6.07, 6.45) is 3.02. The van der Waals surface area contributed by atoms with Crippen LogP contribution in [0.3, 0.4) is 0 Å². The molecule has 2 aromatic carbocycles. The van der Waals surface area contributed by atoms with Crippen molar-refractivity contribution in [2.24, 2.45) is 0 Å². The quantitative estimate of drug-likeness (QED) is 0.758. The Morgan fingerprint density at radius 2 is 1.80 bits per heavy atom. The van der Waals surface area contributed by atoms with Gasteiger partial charge in [-0.1, -0.05) is 12.1 Å². The van der Waals surface area contributed by atoms with Crippen LogP contribution < -0.4 is 4.72 Å². The molecule has 0 spiro atoms. The average molecular weight is 361 g/mol. The molecule has 1 N–H and O–H groups in total. The van der Waals surface area contributed by atoms with Gasteiger partial charge < -0.3 is 0 Å². The molecule has 128 valence electrons. The smallest absolute Gasteiger partial charge is 0.207 e. The van der Waals surface area contributed by atoms with Gasteiger partial charge in [-0.15, -0.1) is 0 Å². The molecule has 0 fully saturated rings. The van der Waals surface area contributed by atoms with Gasteiger partial charge in [-0.05, 0) is 42.0 Å². The maximum absolute atomic E-state index is 13.6. The highest BCUT2D eigenvalue weighted by molar-refractivity contribution is 7.89. The molecule has 0 aliphatic carbocycles. The van der Waals surface area contributed by atoms with Crippen LogP contribution in [0.5, 0.6) is 0 Å². The SMILES string of the molecule is O=S(=O)(NCc1cc(F)ccc1F)c1cccc(-c2ccnnc2)c1. The molecule has 0 aliphatic rings. The van der Waals surface area contributed by atoms with Crippen molar-refractivity contribution in [1.29, 1.82) is 0 Å². The molecular weight excluding hydrogens is 348 g/mol. The molecule has 3 rings (SSSR count). The third kappa shape index (κ3) is 4.04. The van der Waals surface area contributed by atoms with Gasteiger partial charge in [0.05, 0.1) is 17.3 Å². The summed E-state index contributed by atoms with van der Waals surface area (Å²) in [6.45, 7) is -0.354. The van der Waals surface area contributed by atoms with Crippen molar-refractivity contribution in [3.8, 4) is 11.1 Å². The van der Waals surface area contributed by atoms with Crippen LogP contribution in [0.2, 0.25) is 0 Å². The highest BCUT2D eigenvalue weighted by atomic mass is 32.2. The summed E-state index contributed by atoms with van der Waals surface area (Å²) in [5.41, 5.74) is 1.29. The average Bonchev–Trinajstić information content (AvgIpc) is 2.63. The van der Waals surface area contributed by atoms with E-state index in [1.807, 2.05) is 0 Å². The van der Waals surface area contributed by atoms with Gasteiger partial charge in [-0.2, -0.15) is 10.2 Å². The molecule has 0 atom stereocenters. The zero-order valence-corrected chi connectivity index (χ0v) is 13.7. The number of nitrogens with zero attached hydrogens (tertiary/aromatic N) is 2. The van der Waals surface area contributed by atoms with Gasteiger partial charge in [-0.25, -0.2) is 21.9 Å². The summed E-state index contributed by atoms with van der Waals surface area (Å²) in [5.74, 6) is -1.32. The van der Waals surface area contributed by atoms with Crippen molar-refractivity contribution in [2.75, 3.05) is 0 Å². The fourth-order valence-electron chi connectivity index (χ4n) is 2.24. The fourth-order valence-corrected chi connectivity index (χ4v) is 3.29. The first-order valence-electron chi connectivity index (χ1n) is 7.26. The fraction of sp³-hybridized carbons (Fsp3) is 0.0588. The second-order valence-electron chi connectivity index (χ2n) is 5.22. The molecule has 0 unspecified atom stereocenters. The van der Waals surface area contributed by atoms with Crippen LogP contribution in [0.4, 0.5) is 8.78 Å². The standard InChI is InChI=1S/C17H13F2N3O2S/c18-15-4-5-17(19)14(8-15)11-22-25(23,24)16-3-1-2-12(9-16)13-6-7-20-21-10-13/h1-10,22H,11H2. The molecule has 3 aromatic rings. The topological polar surface area (TPSA) is 72.0 Å². The van der Waals surface area contributed by atoms with Crippen molar-refractivity contribution >= 4 is 10.0 Å². The van der Waals surface area contributed by atoms with E-state index in [1.54, 1.807) is 18.2 Å². The Morgan fingerprint density at radius 1 is 0.960 bits per heavy atom. The summed E-state index contributed by atoms with van der Waals surface area (Å²) in [6, 6.07) is 10.8. The van der Waals surface area contributed by atoms with E-state index in [0.29, 0.717) is 11.1 Å². The summed E-state index contributed by atoms with van der Waals surface area (Å²) in [7, 11) is -3.89. The summed E-state index contributed by atoms with van der Waals surface area (Å²) >= 11 is 0. The van der Waals surface area contributed by atoms with E-state index in [9.17, 15) is 17.2 Å². The summed E-state index contributed by atoms with van der Waals surface area (Å²) in [4.78, 5) is 0.0126. The van der Waals surface area contributed by atoms with Crippen LogP contribution in [-0.4, -0.2) is 18.6 Å². The Bertz CT molecular complexity index is 996. The molecule has 25 heavy (non-hydrogen) atoms. The molecule has 0 bridgehead atoms. The van der Waals surface area contributed by atoms with Crippen molar-refractivity contribution in [2.45, 2.75) is 11.4 Å². The van der Waals surface area contributed by atoms with Crippen molar-refractivity contribution in [3.05, 3.63) is 78.1 Å². The maximum Gasteiger partial charge on any atom is 0.240 e. The Kier molecular flexibility index (Phi) is 4.82. The Morgan fingerprint density at radius 3 is 2.56 bits per heavy atom. The molecule has 0 saturated carbocycles. The second-order valence-corrected chi connectivity index (χ2v) is 6.99. The first-order chi connectivity index (χ1) is 12.0. The third-order valence-corrected chi connectivity index (χ3v) is 4.92. The van der Waals surface area contributed by atoms with Crippen LogP contribution >= 0.6 is 0 Å². The van der Waals surface area contributed by atoms with E-state index in [1.165, 1.54) is 24.5 Å². The minimum atomic E-state index is -3.89. The van der Waals surface area contributed by atoms with Crippen molar-refractivity contribution < 1.29 is 17.2 Å². The Labute approximate surface area is 143 Å². The van der Waals surface area contributed by atoms with Gasteiger partial charge in [0.25, 0.3) is 0 Å². The van der Waals surface area contributed by atoms with Gasteiger partial charge >= 0.3 is 0 Å². The molecule has 1 heterocycles. The van der Waals surface area contributed by atoms with Crippen LogP contribution in [-0.2, 0) is 16.6 Å². The van der Waals surface area contributed by atoms with E-state index in [-0.39, 0.29) is 17.0 Å². The largest absolute Gasteiger partial charge is 0.240 e. The zero-order chi connectivity index (χ0) is 17.9. The molecule has 8 heteroatoms. The van der Waals surface area contributed by atoms with E-state index < -0.39 is 21.7 Å². The lowest BCUT2D eigenvalue weighted by molar-refractivity contribution is 0.567. The number of nitrogens with one attached hydrogen (secondary N) is 1. The first-order valence-corrected chi connectivity index (χ1v) is 8.75. The molecule has 0 saturated heterocycles. The number of rotatable bonds is 5. The molecule has 0 aliphatic heterocycles. The monoisotopic (exact) mass is 361 g/mol. The number of hydrogen-bond acceptors (Lipinski definition) is 4. The lowest BCUT2D eigenvalue weighted by atomic mass is 10.1. The minimum Gasteiger partial charge on any atom is -0.207 e. The number of halogens is 2. The second kappa shape index (κ2) is 7.04. The molecular formula is C17H13F2N3O2S. The molecule has 0 amide bonds. The van der Waals surface area contributed by atoms with E-state index in [2.05, 4.69) is 14.9 Å². The van der Waals surface area contributed by atoms with Crippen LogP contribution in [0.25, 0.3) is 11.1 Å². The van der Waals surface area contributed by atoms with Crippen LogP contribution in [0, 0.1) is 11.6 Å². The predicted molar refractivity (Wildman–Crippen MR) is 87.9 cm³/mol. The number of benzene rings is 2. The van der Waals surface area contributed by atoms with Gasteiger partial charge in [-0.3, -0.25) is 0 Å². The normalized spacial score (nSPS) is 11.4. The van der Waals surface area contributed by atoms with E-state index in [0.717, 1.165) is 18.2 Å². The van der Waals surface area contributed by atoms with Gasteiger partial charge in [0.15, 0.2) is 0 Å². The molecule has 0 radical (unpaired) electrons. The van der Waals surface area contributed by atoms with E-state index >= 15 is 0 Å². The van der Waals surface area contributed by atoms with Crippen molar-refractivity contribution in [1.82, 2.24) is 14.9 Å². The summed E-state index contributed by atoms with van der Waals surface area (Å²) in [5, 5.41) is 7.43. The zero-order valence-electron chi connectivity index (χ0n) is 12.9. The van der Waals surface area contributed by atoms with E-state index in [4.69, 9.17) is 0 Å². The Balaban J connectivity index is 1.84. The van der Waals surface area contributed by atoms with Gasteiger partial charge in [0.2, 0.25) is 10.0 Å². The highest BCUT2D eigenvalue weighted by Crippen LogP contribution is 2.21.